The summed E-state index contributed by atoms with van der Waals surface area (Å²) in [6.45, 7) is -0.350. The Morgan fingerprint density at radius 1 is 1.15 bits per heavy atom. The molecule has 2 N–H and O–H groups in total. The van der Waals surface area contributed by atoms with Gasteiger partial charge in [-0.05, 0) is 36.4 Å². The lowest BCUT2D eigenvalue weighted by molar-refractivity contribution is -0.137. The maximum atomic E-state index is 12.5. The van der Waals surface area contributed by atoms with Crippen LogP contribution in [0.3, 0.4) is 0 Å². The van der Waals surface area contributed by atoms with Crippen molar-refractivity contribution in [1.82, 2.24) is 5.32 Å². The Hall–Kier alpha value is -1.96. The van der Waals surface area contributed by atoms with E-state index < -0.39 is 23.8 Å². The Labute approximate surface area is 157 Å². The van der Waals surface area contributed by atoms with Crippen LogP contribution < -0.4 is 10.1 Å². The van der Waals surface area contributed by atoms with Crippen molar-refractivity contribution in [3.05, 3.63) is 63.6 Å². The van der Waals surface area contributed by atoms with E-state index in [9.17, 15) is 23.1 Å². The molecule has 1 unspecified atom stereocenters. The van der Waals surface area contributed by atoms with Gasteiger partial charge in [-0.15, -0.1) is 0 Å². The highest BCUT2D eigenvalue weighted by molar-refractivity contribution is 6.43. The van der Waals surface area contributed by atoms with E-state index in [1.54, 1.807) is 6.07 Å². The van der Waals surface area contributed by atoms with E-state index >= 15 is 0 Å². The summed E-state index contributed by atoms with van der Waals surface area (Å²) in [5, 5.41) is 12.6. The van der Waals surface area contributed by atoms with Crippen LogP contribution in [0.1, 0.15) is 15.9 Å². The van der Waals surface area contributed by atoms with Gasteiger partial charge in [-0.3, -0.25) is 4.79 Å². The standard InChI is InChI=1S/C17H14Cl2F3NO3/c18-14-3-1-2-13(15(14)19)16(25)23-8-11(24)9-26-12-6-4-10(5-7-12)17(20,21)22/h1-7,11,24H,8-9H2,(H,23,25). The van der Waals surface area contributed by atoms with Crippen molar-refractivity contribution in [2.24, 2.45) is 0 Å². The summed E-state index contributed by atoms with van der Waals surface area (Å²) in [7, 11) is 0. The molecule has 4 nitrogen and oxygen atoms in total. The van der Waals surface area contributed by atoms with Gasteiger partial charge in [0.05, 0.1) is 21.2 Å². The Balaban J connectivity index is 1.82. The molecule has 9 heteroatoms. The number of carbonyl (C=O) groups excluding carboxylic acids is 1. The van der Waals surface area contributed by atoms with Crippen LogP contribution >= 0.6 is 23.2 Å². The number of aliphatic hydroxyl groups excluding tert-OH is 1. The zero-order valence-electron chi connectivity index (χ0n) is 13.2. The molecular weight excluding hydrogens is 394 g/mol. The van der Waals surface area contributed by atoms with E-state index in [2.05, 4.69) is 5.32 Å². The van der Waals surface area contributed by atoms with Crippen molar-refractivity contribution in [3.8, 4) is 5.75 Å². The average molecular weight is 408 g/mol. The Kier molecular flexibility index (Phi) is 6.75. The SMILES string of the molecule is O=C(NCC(O)COc1ccc(C(F)(F)F)cc1)c1cccc(Cl)c1Cl. The predicted octanol–water partition coefficient (Wildman–Crippen LogP) is 4.18. The van der Waals surface area contributed by atoms with Crippen molar-refractivity contribution in [2.45, 2.75) is 12.3 Å². The zero-order valence-corrected chi connectivity index (χ0v) is 14.7. The number of rotatable bonds is 6. The Bertz CT molecular complexity index is 767. The number of aliphatic hydroxyl groups is 1. The first-order chi connectivity index (χ1) is 12.2. The third-order valence-electron chi connectivity index (χ3n) is 3.32. The topological polar surface area (TPSA) is 58.6 Å². The van der Waals surface area contributed by atoms with E-state index in [1.807, 2.05) is 0 Å². The molecule has 2 aromatic carbocycles. The molecule has 0 aliphatic carbocycles. The molecule has 1 atom stereocenters. The van der Waals surface area contributed by atoms with Crippen LogP contribution in [0.25, 0.3) is 0 Å². The van der Waals surface area contributed by atoms with Crippen LogP contribution in [0.2, 0.25) is 10.0 Å². The molecule has 0 fully saturated rings. The molecule has 0 saturated carbocycles. The number of amides is 1. The molecule has 1 amide bonds. The summed E-state index contributed by atoms with van der Waals surface area (Å²) in [6.07, 6.45) is -5.50. The lowest BCUT2D eigenvalue weighted by Crippen LogP contribution is -2.35. The molecule has 2 rings (SSSR count). The zero-order chi connectivity index (χ0) is 19.3. The number of alkyl halides is 3. The first-order valence-electron chi connectivity index (χ1n) is 7.39. The number of halogens is 5. The Morgan fingerprint density at radius 3 is 2.42 bits per heavy atom. The van der Waals surface area contributed by atoms with Crippen molar-refractivity contribution >= 4 is 29.1 Å². The molecule has 0 aliphatic rings. The van der Waals surface area contributed by atoms with Crippen LogP contribution in [0, 0.1) is 0 Å². The van der Waals surface area contributed by atoms with Crippen molar-refractivity contribution in [2.75, 3.05) is 13.2 Å². The quantitative estimate of drug-likeness (QED) is 0.754. The minimum atomic E-state index is -4.43. The fourth-order valence-electron chi connectivity index (χ4n) is 1.98. The molecular formula is C17H14Cl2F3NO3. The summed E-state index contributed by atoms with van der Waals surface area (Å²) >= 11 is 11.8. The van der Waals surface area contributed by atoms with Crippen molar-refractivity contribution in [1.29, 1.82) is 0 Å². The van der Waals surface area contributed by atoms with Crippen LogP contribution in [0.5, 0.6) is 5.75 Å². The fourth-order valence-corrected chi connectivity index (χ4v) is 2.36. The van der Waals surface area contributed by atoms with Crippen LogP contribution in [-0.4, -0.2) is 30.3 Å². The predicted molar refractivity (Wildman–Crippen MR) is 91.7 cm³/mol. The molecule has 0 radical (unpaired) electrons. The highest BCUT2D eigenvalue weighted by Crippen LogP contribution is 2.30. The average Bonchev–Trinajstić information content (AvgIpc) is 2.59. The number of hydrogen-bond donors (Lipinski definition) is 2. The van der Waals surface area contributed by atoms with Gasteiger partial charge in [0.25, 0.3) is 5.91 Å². The van der Waals surface area contributed by atoms with E-state index in [1.165, 1.54) is 12.1 Å². The molecule has 0 aromatic heterocycles. The molecule has 140 valence electrons. The second-order valence-corrected chi connectivity index (χ2v) is 6.08. The van der Waals surface area contributed by atoms with Gasteiger partial charge in [-0.25, -0.2) is 0 Å². The van der Waals surface area contributed by atoms with Gasteiger partial charge in [-0.1, -0.05) is 29.3 Å². The summed E-state index contributed by atoms with van der Waals surface area (Å²) in [6, 6.07) is 8.64. The second-order valence-electron chi connectivity index (χ2n) is 5.30. The minimum absolute atomic E-state index is 0.0992. The molecule has 2 aromatic rings. The van der Waals surface area contributed by atoms with E-state index in [4.69, 9.17) is 27.9 Å². The maximum absolute atomic E-state index is 12.5. The lowest BCUT2D eigenvalue weighted by Gasteiger charge is -2.14. The highest BCUT2D eigenvalue weighted by Gasteiger charge is 2.30. The summed E-state index contributed by atoms with van der Waals surface area (Å²) < 4.78 is 42.6. The number of ether oxygens (including phenoxy) is 1. The molecule has 0 aliphatic heterocycles. The number of nitrogens with one attached hydrogen (secondary N) is 1. The van der Waals surface area contributed by atoms with Gasteiger partial charge < -0.3 is 15.2 Å². The van der Waals surface area contributed by atoms with Gasteiger partial charge in [-0.2, -0.15) is 13.2 Å². The van der Waals surface area contributed by atoms with Crippen LogP contribution in [0.4, 0.5) is 13.2 Å². The van der Waals surface area contributed by atoms with E-state index in [-0.39, 0.29) is 34.5 Å². The van der Waals surface area contributed by atoms with Crippen LogP contribution in [-0.2, 0) is 6.18 Å². The molecule has 26 heavy (non-hydrogen) atoms. The van der Waals surface area contributed by atoms with E-state index in [0.29, 0.717) is 0 Å². The van der Waals surface area contributed by atoms with Gasteiger partial charge >= 0.3 is 6.18 Å². The van der Waals surface area contributed by atoms with E-state index in [0.717, 1.165) is 24.3 Å². The maximum Gasteiger partial charge on any atom is 0.416 e. The molecule has 0 heterocycles. The first kappa shape index (κ1) is 20.4. The summed E-state index contributed by atoms with van der Waals surface area (Å²) in [4.78, 5) is 12.0. The summed E-state index contributed by atoms with van der Waals surface area (Å²) in [5.74, 6) is -0.354. The molecule has 0 saturated heterocycles. The van der Waals surface area contributed by atoms with Crippen LogP contribution in [0.15, 0.2) is 42.5 Å². The molecule has 0 bridgehead atoms. The van der Waals surface area contributed by atoms with Crippen molar-refractivity contribution in [3.63, 3.8) is 0 Å². The lowest BCUT2D eigenvalue weighted by atomic mass is 10.2. The Morgan fingerprint density at radius 2 is 1.81 bits per heavy atom. The highest BCUT2D eigenvalue weighted by atomic mass is 35.5. The van der Waals surface area contributed by atoms with Gasteiger partial charge in [0, 0.05) is 6.54 Å². The monoisotopic (exact) mass is 407 g/mol. The number of carbonyl (C=O) groups is 1. The van der Waals surface area contributed by atoms with Crippen molar-refractivity contribution < 1.29 is 27.8 Å². The van der Waals surface area contributed by atoms with Gasteiger partial charge in [0.1, 0.15) is 18.5 Å². The number of hydrogen-bond acceptors (Lipinski definition) is 3. The third kappa shape index (κ3) is 5.52. The summed E-state index contributed by atoms with van der Waals surface area (Å²) in [5.41, 5.74) is -0.633. The second kappa shape index (κ2) is 8.62. The normalized spacial score (nSPS) is 12.5. The molecule has 0 spiro atoms. The first-order valence-corrected chi connectivity index (χ1v) is 8.14. The minimum Gasteiger partial charge on any atom is -0.491 e. The smallest absolute Gasteiger partial charge is 0.416 e. The number of benzene rings is 2. The van der Waals surface area contributed by atoms with Gasteiger partial charge in [0.2, 0.25) is 0 Å². The fraction of sp³-hybridized carbons (Fsp3) is 0.235. The largest absolute Gasteiger partial charge is 0.491 e. The third-order valence-corrected chi connectivity index (χ3v) is 4.14. The van der Waals surface area contributed by atoms with Gasteiger partial charge in [0.15, 0.2) is 0 Å².